The fourth-order valence-electron chi connectivity index (χ4n) is 2.08. The maximum Gasteiger partial charge on any atom is 0.241 e. The summed E-state index contributed by atoms with van der Waals surface area (Å²) in [4.78, 5) is 0.257. The van der Waals surface area contributed by atoms with Crippen LogP contribution in [0.3, 0.4) is 0 Å². The lowest BCUT2D eigenvalue weighted by Crippen LogP contribution is -2.43. The number of ether oxygens (including phenoxy) is 1. The molecular formula is C15H26N2O3S. The normalized spacial score (nSPS) is 12.4. The van der Waals surface area contributed by atoms with E-state index < -0.39 is 15.6 Å². The molecule has 1 rings (SSSR count). The first-order valence-corrected chi connectivity index (χ1v) is 8.70. The second-order valence-electron chi connectivity index (χ2n) is 5.66. The first kappa shape index (κ1) is 17.9. The van der Waals surface area contributed by atoms with Crippen molar-refractivity contribution in [1.82, 2.24) is 10.0 Å². The average molecular weight is 314 g/mol. The standard InChI is InChI=1S/C15H26N2O3S/c1-5-10-15(2,3)17-21(18,19)14-8-6-13(7-9-14)20-12-11-16-4/h6-9,16-17H,5,10-12H2,1-4H3. The van der Waals surface area contributed by atoms with Crippen molar-refractivity contribution in [3.63, 3.8) is 0 Å². The number of nitrogens with one attached hydrogen (secondary N) is 2. The van der Waals surface area contributed by atoms with Gasteiger partial charge in [0.1, 0.15) is 12.4 Å². The third kappa shape index (κ3) is 6.03. The molecule has 0 radical (unpaired) electrons. The minimum Gasteiger partial charge on any atom is -0.492 e. The van der Waals surface area contributed by atoms with Gasteiger partial charge in [-0.2, -0.15) is 0 Å². The van der Waals surface area contributed by atoms with Gasteiger partial charge in [0.25, 0.3) is 0 Å². The van der Waals surface area contributed by atoms with E-state index in [9.17, 15) is 8.42 Å². The van der Waals surface area contributed by atoms with Gasteiger partial charge in [0.05, 0.1) is 4.90 Å². The molecule has 0 saturated heterocycles. The van der Waals surface area contributed by atoms with Gasteiger partial charge in [-0.05, 0) is 51.6 Å². The molecule has 0 aliphatic heterocycles. The van der Waals surface area contributed by atoms with Crippen molar-refractivity contribution < 1.29 is 13.2 Å². The minimum atomic E-state index is -3.50. The van der Waals surface area contributed by atoms with Crippen LogP contribution in [0, 0.1) is 0 Å². The summed E-state index contributed by atoms with van der Waals surface area (Å²) in [5.74, 6) is 0.664. The molecule has 0 aliphatic carbocycles. The summed E-state index contributed by atoms with van der Waals surface area (Å²) in [5.41, 5.74) is -0.449. The Bertz CT molecular complexity index is 524. The molecule has 0 bridgehead atoms. The van der Waals surface area contributed by atoms with E-state index in [4.69, 9.17) is 4.74 Å². The topological polar surface area (TPSA) is 67.4 Å². The molecule has 21 heavy (non-hydrogen) atoms. The van der Waals surface area contributed by atoms with Gasteiger partial charge >= 0.3 is 0 Å². The zero-order chi connectivity index (χ0) is 15.9. The van der Waals surface area contributed by atoms with E-state index in [-0.39, 0.29) is 4.90 Å². The lowest BCUT2D eigenvalue weighted by atomic mass is 10.0. The molecule has 0 unspecified atom stereocenters. The predicted molar refractivity (Wildman–Crippen MR) is 85.2 cm³/mol. The summed E-state index contributed by atoms with van der Waals surface area (Å²) in [5, 5.41) is 2.98. The highest BCUT2D eigenvalue weighted by Crippen LogP contribution is 2.19. The molecule has 0 atom stereocenters. The molecule has 0 aliphatic rings. The second-order valence-corrected chi connectivity index (χ2v) is 7.35. The largest absolute Gasteiger partial charge is 0.492 e. The molecule has 6 heteroatoms. The van der Waals surface area contributed by atoms with Crippen molar-refractivity contribution in [1.29, 1.82) is 0 Å². The van der Waals surface area contributed by atoms with Crippen LogP contribution in [0.25, 0.3) is 0 Å². The molecule has 0 spiro atoms. The van der Waals surface area contributed by atoms with E-state index in [1.807, 2.05) is 27.8 Å². The van der Waals surface area contributed by atoms with Gasteiger partial charge in [0.2, 0.25) is 10.0 Å². The SMILES string of the molecule is CCCC(C)(C)NS(=O)(=O)c1ccc(OCCNC)cc1. The maximum atomic E-state index is 12.3. The zero-order valence-corrected chi connectivity index (χ0v) is 14.1. The van der Waals surface area contributed by atoms with Gasteiger partial charge in [0.15, 0.2) is 0 Å². The van der Waals surface area contributed by atoms with Crippen LogP contribution >= 0.6 is 0 Å². The van der Waals surface area contributed by atoms with Crippen molar-refractivity contribution in [3.8, 4) is 5.75 Å². The number of hydrogen-bond acceptors (Lipinski definition) is 4. The lowest BCUT2D eigenvalue weighted by molar-refractivity contribution is 0.318. The van der Waals surface area contributed by atoms with Crippen LogP contribution < -0.4 is 14.8 Å². The van der Waals surface area contributed by atoms with E-state index in [1.54, 1.807) is 24.3 Å². The van der Waals surface area contributed by atoms with E-state index in [2.05, 4.69) is 10.0 Å². The third-order valence-corrected chi connectivity index (χ3v) is 4.75. The quantitative estimate of drug-likeness (QED) is 0.685. The van der Waals surface area contributed by atoms with Gasteiger partial charge in [-0.3, -0.25) is 0 Å². The molecule has 0 saturated carbocycles. The second kappa shape index (κ2) is 7.77. The number of sulfonamides is 1. The van der Waals surface area contributed by atoms with Gasteiger partial charge in [-0.15, -0.1) is 0 Å². The third-order valence-electron chi connectivity index (χ3n) is 3.04. The molecular weight excluding hydrogens is 288 g/mol. The van der Waals surface area contributed by atoms with Crippen molar-refractivity contribution in [2.75, 3.05) is 20.2 Å². The first-order valence-electron chi connectivity index (χ1n) is 7.22. The summed E-state index contributed by atoms with van der Waals surface area (Å²) in [6.07, 6.45) is 1.71. The summed E-state index contributed by atoms with van der Waals surface area (Å²) in [6.45, 7) is 7.11. The highest BCUT2D eigenvalue weighted by atomic mass is 32.2. The molecule has 1 aromatic carbocycles. The maximum absolute atomic E-state index is 12.3. The minimum absolute atomic E-state index is 0.257. The Morgan fingerprint density at radius 3 is 2.33 bits per heavy atom. The smallest absolute Gasteiger partial charge is 0.241 e. The molecule has 2 N–H and O–H groups in total. The van der Waals surface area contributed by atoms with E-state index in [1.165, 1.54) is 0 Å². The van der Waals surface area contributed by atoms with Crippen molar-refractivity contribution in [3.05, 3.63) is 24.3 Å². The van der Waals surface area contributed by atoms with E-state index in [0.29, 0.717) is 12.4 Å². The monoisotopic (exact) mass is 314 g/mol. The van der Waals surface area contributed by atoms with Crippen LogP contribution in [0.4, 0.5) is 0 Å². The highest BCUT2D eigenvalue weighted by molar-refractivity contribution is 7.89. The molecule has 0 amide bonds. The van der Waals surface area contributed by atoms with Crippen LogP contribution in [-0.2, 0) is 10.0 Å². The highest BCUT2D eigenvalue weighted by Gasteiger charge is 2.25. The number of likely N-dealkylation sites (N-methyl/N-ethyl adjacent to an activating group) is 1. The number of hydrogen-bond donors (Lipinski definition) is 2. The van der Waals surface area contributed by atoms with E-state index >= 15 is 0 Å². The van der Waals surface area contributed by atoms with Crippen LogP contribution in [-0.4, -0.2) is 34.2 Å². The predicted octanol–water partition coefficient (Wildman–Crippen LogP) is 2.14. The average Bonchev–Trinajstić information content (AvgIpc) is 2.38. The number of benzene rings is 1. The van der Waals surface area contributed by atoms with E-state index in [0.717, 1.165) is 19.4 Å². The Labute approximate surface area is 128 Å². The Kier molecular flexibility index (Phi) is 6.64. The van der Waals surface area contributed by atoms with Gasteiger partial charge in [0, 0.05) is 12.1 Å². The molecule has 0 fully saturated rings. The summed E-state index contributed by atoms with van der Waals surface area (Å²) in [6, 6.07) is 6.49. The summed E-state index contributed by atoms with van der Waals surface area (Å²) >= 11 is 0. The molecule has 5 nitrogen and oxygen atoms in total. The Morgan fingerprint density at radius 1 is 1.19 bits per heavy atom. The van der Waals surface area contributed by atoms with Crippen LogP contribution in [0.2, 0.25) is 0 Å². The molecule has 1 aromatic rings. The van der Waals surface area contributed by atoms with Crippen molar-refractivity contribution in [2.24, 2.45) is 0 Å². The van der Waals surface area contributed by atoms with Crippen LogP contribution in [0.15, 0.2) is 29.2 Å². The van der Waals surface area contributed by atoms with Crippen molar-refractivity contribution >= 4 is 10.0 Å². The summed E-state index contributed by atoms with van der Waals surface area (Å²) in [7, 11) is -1.65. The van der Waals surface area contributed by atoms with Gasteiger partial charge < -0.3 is 10.1 Å². The first-order chi connectivity index (χ1) is 9.80. The fourth-order valence-corrected chi connectivity index (χ4v) is 3.53. The zero-order valence-electron chi connectivity index (χ0n) is 13.3. The number of rotatable bonds is 9. The van der Waals surface area contributed by atoms with Gasteiger partial charge in [-0.1, -0.05) is 13.3 Å². The Balaban J connectivity index is 2.75. The van der Waals surface area contributed by atoms with Crippen LogP contribution in [0.1, 0.15) is 33.6 Å². The van der Waals surface area contributed by atoms with Gasteiger partial charge in [-0.25, -0.2) is 13.1 Å². The fraction of sp³-hybridized carbons (Fsp3) is 0.600. The lowest BCUT2D eigenvalue weighted by Gasteiger charge is -2.25. The van der Waals surface area contributed by atoms with Crippen molar-refractivity contribution in [2.45, 2.75) is 44.0 Å². The summed E-state index contributed by atoms with van der Waals surface area (Å²) < 4.78 is 32.9. The van der Waals surface area contributed by atoms with Crippen LogP contribution in [0.5, 0.6) is 5.75 Å². The Hall–Kier alpha value is -1.11. The molecule has 0 heterocycles. The molecule has 0 aromatic heterocycles. The molecule has 120 valence electrons. The Morgan fingerprint density at radius 2 is 1.81 bits per heavy atom.